The van der Waals surface area contributed by atoms with Crippen LogP contribution in [0.25, 0.3) is 0 Å². The van der Waals surface area contributed by atoms with Crippen molar-refractivity contribution in [2.75, 3.05) is 13.7 Å². The van der Waals surface area contributed by atoms with Gasteiger partial charge in [-0.15, -0.1) is 0 Å². The predicted molar refractivity (Wildman–Crippen MR) is 164 cm³/mol. The highest BCUT2D eigenvalue weighted by atomic mass is 19.4. The summed E-state index contributed by atoms with van der Waals surface area (Å²) >= 11 is 0. The standard InChI is InChI=1S/C35H36F3N3O4/c1-3-29(25-9-11-27(12-10-25)32(43)39-22-19-30(42)45-2)41-33(44)31(26-13-15-28(16-14-26)35(36,37)38)40-34(41)20-17-24(18-21-34)23-7-5-4-6-8-23/h4-16,24,29H,3,17-22H2,1-2H3,(H,39,43). The molecule has 5 rings (SSSR count). The molecule has 2 aliphatic rings. The zero-order chi connectivity index (χ0) is 32.2. The van der Waals surface area contributed by atoms with Gasteiger partial charge in [0.25, 0.3) is 11.8 Å². The molecule has 0 bridgehead atoms. The second-order valence-corrected chi connectivity index (χ2v) is 11.5. The third-order valence-corrected chi connectivity index (χ3v) is 8.83. The van der Waals surface area contributed by atoms with E-state index in [0.29, 0.717) is 36.3 Å². The normalized spacial score (nSPS) is 20.6. The number of halogens is 3. The molecule has 1 fully saturated rings. The van der Waals surface area contributed by atoms with Crippen LogP contribution in [0.5, 0.6) is 0 Å². The molecule has 45 heavy (non-hydrogen) atoms. The molecule has 7 nitrogen and oxygen atoms in total. The van der Waals surface area contributed by atoms with Crippen LogP contribution in [0.3, 0.4) is 0 Å². The van der Waals surface area contributed by atoms with E-state index in [-0.39, 0.29) is 36.5 Å². The SMILES string of the molecule is CCC(c1ccc(C(=O)NCCC(=O)OC)cc1)N1C(=O)C(c2ccc(C(F)(F)F)cc2)=NC12CCC(c1ccccc1)CC2. The van der Waals surface area contributed by atoms with Gasteiger partial charge in [-0.25, -0.2) is 0 Å². The Morgan fingerprint density at radius 3 is 2.22 bits per heavy atom. The van der Waals surface area contributed by atoms with Crippen molar-refractivity contribution in [3.63, 3.8) is 0 Å². The number of alkyl halides is 3. The molecule has 236 valence electrons. The van der Waals surface area contributed by atoms with Crippen LogP contribution in [0.2, 0.25) is 0 Å². The first kappa shape index (κ1) is 31.9. The Morgan fingerprint density at radius 2 is 1.64 bits per heavy atom. The summed E-state index contributed by atoms with van der Waals surface area (Å²) in [5.74, 6) is -0.753. The number of carbonyl (C=O) groups excluding carboxylic acids is 3. The Bertz CT molecular complexity index is 1550. The molecule has 1 aliphatic heterocycles. The highest BCUT2D eigenvalue weighted by molar-refractivity contribution is 6.46. The van der Waals surface area contributed by atoms with Crippen molar-refractivity contribution in [1.82, 2.24) is 10.2 Å². The summed E-state index contributed by atoms with van der Waals surface area (Å²) < 4.78 is 44.4. The van der Waals surface area contributed by atoms with Crippen LogP contribution in [-0.2, 0) is 20.5 Å². The molecule has 0 radical (unpaired) electrons. The fourth-order valence-corrected chi connectivity index (χ4v) is 6.45. The van der Waals surface area contributed by atoms with Crippen LogP contribution in [0.15, 0.2) is 83.9 Å². The number of benzene rings is 3. The summed E-state index contributed by atoms with van der Waals surface area (Å²) in [5.41, 5.74) is 1.37. The topological polar surface area (TPSA) is 88.1 Å². The number of esters is 1. The summed E-state index contributed by atoms with van der Waals surface area (Å²) in [7, 11) is 1.29. The second kappa shape index (κ2) is 13.3. The quantitative estimate of drug-likeness (QED) is 0.266. The van der Waals surface area contributed by atoms with Crippen molar-refractivity contribution in [3.05, 3.63) is 107 Å². The highest BCUT2D eigenvalue weighted by Crippen LogP contribution is 2.48. The summed E-state index contributed by atoms with van der Waals surface area (Å²) in [6.45, 7) is 2.12. The molecule has 2 amide bonds. The molecule has 1 spiro atoms. The van der Waals surface area contributed by atoms with Gasteiger partial charge in [0.1, 0.15) is 11.4 Å². The van der Waals surface area contributed by atoms with Crippen LogP contribution in [-0.4, -0.2) is 47.7 Å². The number of methoxy groups -OCH3 is 1. The first-order valence-electron chi connectivity index (χ1n) is 15.2. The number of hydrogen-bond donors (Lipinski definition) is 1. The number of hydrogen-bond acceptors (Lipinski definition) is 5. The Morgan fingerprint density at radius 1 is 1.00 bits per heavy atom. The van der Waals surface area contributed by atoms with Crippen LogP contribution >= 0.6 is 0 Å². The highest BCUT2D eigenvalue weighted by Gasteiger charge is 2.51. The zero-order valence-corrected chi connectivity index (χ0v) is 25.3. The maximum absolute atomic E-state index is 14.2. The van der Waals surface area contributed by atoms with Crippen molar-refractivity contribution >= 4 is 23.5 Å². The van der Waals surface area contributed by atoms with Gasteiger partial charge < -0.3 is 15.0 Å². The lowest BCUT2D eigenvalue weighted by molar-refractivity contribution is -0.140. The number of nitrogens with one attached hydrogen (secondary N) is 1. The average Bonchev–Trinajstić information content (AvgIpc) is 3.32. The Kier molecular flexibility index (Phi) is 9.41. The first-order chi connectivity index (χ1) is 21.6. The van der Waals surface area contributed by atoms with Gasteiger partial charge in [-0.1, -0.05) is 61.5 Å². The molecule has 0 saturated heterocycles. The van der Waals surface area contributed by atoms with Gasteiger partial charge in [-0.2, -0.15) is 13.2 Å². The van der Waals surface area contributed by atoms with Gasteiger partial charge in [-0.05, 0) is 73.4 Å². The van der Waals surface area contributed by atoms with Crippen LogP contribution in [0, 0.1) is 0 Å². The maximum Gasteiger partial charge on any atom is 0.416 e. The predicted octanol–water partition coefficient (Wildman–Crippen LogP) is 6.84. The van der Waals surface area contributed by atoms with E-state index in [4.69, 9.17) is 4.99 Å². The van der Waals surface area contributed by atoms with E-state index in [0.717, 1.165) is 30.5 Å². The van der Waals surface area contributed by atoms with Gasteiger partial charge in [-0.3, -0.25) is 19.4 Å². The molecule has 1 unspecified atom stereocenters. The van der Waals surface area contributed by atoms with E-state index < -0.39 is 23.4 Å². The lowest BCUT2D eigenvalue weighted by atomic mass is 9.77. The smallest absolute Gasteiger partial charge is 0.416 e. The van der Waals surface area contributed by atoms with Crippen LogP contribution in [0.4, 0.5) is 13.2 Å². The summed E-state index contributed by atoms with van der Waals surface area (Å²) in [5, 5.41) is 2.70. The molecule has 1 aliphatic carbocycles. The number of rotatable bonds is 9. The maximum atomic E-state index is 14.2. The average molecular weight is 620 g/mol. The monoisotopic (exact) mass is 619 g/mol. The summed E-state index contributed by atoms with van der Waals surface area (Å²) in [6.07, 6.45) is -1.03. The number of ether oxygens (including phenoxy) is 1. The molecule has 0 aromatic heterocycles. The van der Waals surface area contributed by atoms with Crippen molar-refractivity contribution in [3.8, 4) is 0 Å². The lowest BCUT2D eigenvalue weighted by Gasteiger charge is -2.45. The van der Waals surface area contributed by atoms with Crippen LogP contribution in [0.1, 0.15) is 90.0 Å². The van der Waals surface area contributed by atoms with E-state index in [2.05, 4.69) is 22.2 Å². The minimum Gasteiger partial charge on any atom is -0.469 e. The van der Waals surface area contributed by atoms with Gasteiger partial charge in [0.15, 0.2) is 0 Å². The van der Waals surface area contributed by atoms with Crippen molar-refractivity contribution in [2.45, 2.75) is 69.2 Å². The number of nitrogens with zero attached hydrogens (tertiary/aromatic N) is 2. The summed E-state index contributed by atoms with van der Waals surface area (Å²) in [4.78, 5) is 45.1. The summed E-state index contributed by atoms with van der Waals surface area (Å²) in [6, 6.07) is 21.5. The third-order valence-electron chi connectivity index (χ3n) is 8.83. The molecule has 1 N–H and O–H groups in total. The largest absolute Gasteiger partial charge is 0.469 e. The number of carbonyl (C=O) groups is 3. The van der Waals surface area contributed by atoms with Crippen LogP contribution < -0.4 is 5.32 Å². The molecule has 3 aromatic carbocycles. The Balaban J connectivity index is 1.43. The number of aliphatic imine (C=N–C) groups is 1. The van der Waals surface area contributed by atoms with E-state index in [9.17, 15) is 27.6 Å². The Hall–Kier alpha value is -4.47. The van der Waals surface area contributed by atoms with E-state index in [1.54, 1.807) is 12.1 Å². The molecular formula is C35H36F3N3O4. The second-order valence-electron chi connectivity index (χ2n) is 11.5. The fourth-order valence-electron chi connectivity index (χ4n) is 6.45. The molecule has 1 atom stereocenters. The Labute approximate surface area is 260 Å². The van der Waals surface area contributed by atoms with Gasteiger partial charge in [0.2, 0.25) is 0 Å². The minimum absolute atomic E-state index is 0.0593. The molecule has 3 aromatic rings. The minimum atomic E-state index is -4.49. The van der Waals surface area contributed by atoms with Crippen molar-refractivity contribution < 1.29 is 32.3 Å². The van der Waals surface area contributed by atoms with E-state index in [1.807, 2.05) is 42.2 Å². The fraction of sp³-hybridized carbons (Fsp3) is 0.371. The molecule has 1 heterocycles. The number of amides is 2. The van der Waals surface area contributed by atoms with Gasteiger partial charge in [0.05, 0.1) is 25.1 Å². The molecule has 10 heteroatoms. The van der Waals surface area contributed by atoms with Crippen molar-refractivity contribution in [2.24, 2.45) is 4.99 Å². The molecular weight excluding hydrogens is 583 g/mol. The third kappa shape index (κ3) is 6.79. The van der Waals surface area contributed by atoms with Crippen molar-refractivity contribution in [1.29, 1.82) is 0 Å². The van der Waals surface area contributed by atoms with E-state index in [1.165, 1.54) is 24.8 Å². The molecule has 1 saturated carbocycles. The van der Waals surface area contributed by atoms with Gasteiger partial charge in [0, 0.05) is 17.7 Å². The van der Waals surface area contributed by atoms with E-state index >= 15 is 0 Å². The van der Waals surface area contributed by atoms with Gasteiger partial charge >= 0.3 is 12.1 Å². The first-order valence-corrected chi connectivity index (χ1v) is 15.2. The zero-order valence-electron chi connectivity index (χ0n) is 25.3. The lowest BCUT2D eigenvalue weighted by Crippen LogP contribution is -2.50.